The highest BCUT2D eigenvalue weighted by Gasteiger charge is 2.37. The molecule has 2 aromatic rings. The van der Waals surface area contributed by atoms with Crippen LogP contribution in [-0.2, 0) is 14.4 Å². The van der Waals surface area contributed by atoms with Crippen molar-refractivity contribution in [1.82, 2.24) is 20.5 Å². The molecular weight excluding hydrogens is 542 g/mol. The fourth-order valence-corrected chi connectivity index (χ4v) is 4.80. The summed E-state index contributed by atoms with van der Waals surface area (Å²) in [5, 5.41) is 7.58. The van der Waals surface area contributed by atoms with Crippen molar-refractivity contribution >= 4 is 48.0 Å². The summed E-state index contributed by atoms with van der Waals surface area (Å²) >= 11 is 4.43. The summed E-state index contributed by atoms with van der Waals surface area (Å²) < 4.78 is 0. The lowest BCUT2D eigenvalue weighted by molar-refractivity contribution is -0.132. The first-order chi connectivity index (χ1) is 19.3. The van der Waals surface area contributed by atoms with Gasteiger partial charge in [-0.05, 0) is 54.9 Å². The zero-order valence-electron chi connectivity index (χ0n) is 24.1. The van der Waals surface area contributed by atoms with Crippen LogP contribution in [0.25, 0.3) is 0 Å². The number of hydrogen-bond acceptors (Lipinski definition) is 7. The number of carbonyl (C=O) groups excluding carboxylic acids is 5. The minimum Gasteiger partial charge on any atom is -0.343 e. The third kappa shape index (κ3) is 8.39. The summed E-state index contributed by atoms with van der Waals surface area (Å²) in [6.07, 6.45) is 2.57. The van der Waals surface area contributed by atoms with Crippen LogP contribution in [0.2, 0.25) is 0 Å². The van der Waals surface area contributed by atoms with Gasteiger partial charge in [0.25, 0.3) is 11.8 Å². The maximum atomic E-state index is 13.4. The fourth-order valence-electron chi connectivity index (χ4n) is 4.54. The van der Waals surface area contributed by atoms with Gasteiger partial charge in [-0.15, -0.1) is 0 Å². The Morgan fingerprint density at radius 1 is 0.902 bits per heavy atom. The van der Waals surface area contributed by atoms with E-state index in [1.165, 1.54) is 4.90 Å². The number of rotatable bonds is 12. The van der Waals surface area contributed by atoms with E-state index in [-0.39, 0.29) is 30.7 Å². The highest BCUT2D eigenvalue weighted by molar-refractivity contribution is 7.81. The number of aromatic nitrogens is 1. The Hall–Kier alpha value is -3.73. The number of benzene rings is 1. The van der Waals surface area contributed by atoms with Crippen LogP contribution in [0.3, 0.4) is 0 Å². The van der Waals surface area contributed by atoms with E-state index in [1.54, 1.807) is 48.7 Å². The molecule has 41 heavy (non-hydrogen) atoms. The van der Waals surface area contributed by atoms with E-state index in [9.17, 15) is 24.0 Å². The zero-order chi connectivity index (χ0) is 30.3. The molecule has 3 rings (SSSR count). The van der Waals surface area contributed by atoms with Crippen LogP contribution in [0, 0.1) is 11.3 Å². The van der Waals surface area contributed by atoms with Gasteiger partial charge >= 0.3 is 0 Å². The smallest absolute Gasteiger partial charge is 0.261 e. The van der Waals surface area contributed by atoms with Gasteiger partial charge in [0.1, 0.15) is 17.9 Å². The maximum absolute atomic E-state index is 13.4. The number of carbonyl (C=O) groups is 5. The molecule has 0 saturated heterocycles. The van der Waals surface area contributed by atoms with Crippen LogP contribution < -0.4 is 16.0 Å². The van der Waals surface area contributed by atoms with E-state index >= 15 is 0 Å². The molecule has 1 aromatic carbocycles. The van der Waals surface area contributed by atoms with Crippen molar-refractivity contribution in [3.05, 3.63) is 59.8 Å². The van der Waals surface area contributed by atoms with Crippen molar-refractivity contribution in [3.8, 4) is 0 Å². The van der Waals surface area contributed by atoms with Gasteiger partial charge in [0.05, 0.1) is 16.4 Å². The average Bonchev–Trinajstić information content (AvgIpc) is 3.15. The van der Waals surface area contributed by atoms with Gasteiger partial charge in [-0.25, -0.2) is 4.98 Å². The van der Waals surface area contributed by atoms with Crippen LogP contribution in [0.1, 0.15) is 74.6 Å². The van der Waals surface area contributed by atoms with Gasteiger partial charge in [0.2, 0.25) is 17.7 Å². The number of fused-ring (bicyclic) bond motifs is 1. The number of thiol groups is 1. The van der Waals surface area contributed by atoms with Gasteiger partial charge in [-0.3, -0.25) is 28.9 Å². The molecule has 0 saturated carbocycles. The van der Waals surface area contributed by atoms with E-state index in [2.05, 4.69) is 33.6 Å². The molecule has 1 aliphatic heterocycles. The van der Waals surface area contributed by atoms with Gasteiger partial charge in [-0.1, -0.05) is 52.8 Å². The topological polar surface area (TPSA) is 138 Å². The molecule has 1 aliphatic rings. The van der Waals surface area contributed by atoms with Crippen LogP contribution in [0.5, 0.6) is 0 Å². The van der Waals surface area contributed by atoms with Gasteiger partial charge in [0, 0.05) is 12.7 Å². The standard InChI is InChI=1S/C30H39N5O5S/c1-18(2)17-21(25(36)34-24(30(3,4)5)27(38)33-23-14-8-9-15-31-23)32-26(37)22(41)13-10-16-35-28(39)19-11-6-7-12-20(19)29(35)40/h6-9,11-12,14-15,18,21-22,24,41H,10,13,16-17H2,1-5H3,(H,32,37)(H,34,36)(H,31,33,38)/t21?,22-,24+/m0/s1. The number of nitrogens with zero attached hydrogens (tertiary/aromatic N) is 2. The molecule has 11 heteroatoms. The molecule has 0 bridgehead atoms. The molecule has 1 aromatic heterocycles. The molecule has 220 valence electrons. The minimum atomic E-state index is -0.893. The third-order valence-electron chi connectivity index (χ3n) is 6.71. The molecule has 0 fully saturated rings. The Morgan fingerprint density at radius 2 is 1.51 bits per heavy atom. The molecule has 0 spiro atoms. The summed E-state index contributed by atoms with van der Waals surface area (Å²) in [5.41, 5.74) is 0.127. The largest absolute Gasteiger partial charge is 0.343 e. The Balaban J connectivity index is 1.59. The maximum Gasteiger partial charge on any atom is 0.261 e. The van der Waals surface area contributed by atoms with Crippen molar-refractivity contribution in [2.45, 2.75) is 71.2 Å². The first kappa shape index (κ1) is 31.8. The Kier molecular flexibility index (Phi) is 10.7. The second kappa shape index (κ2) is 13.8. The number of pyridine rings is 1. The normalized spacial score (nSPS) is 15.2. The Morgan fingerprint density at radius 3 is 2.05 bits per heavy atom. The molecule has 0 aliphatic carbocycles. The van der Waals surface area contributed by atoms with Gasteiger partial charge < -0.3 is 16.0 Å². The van der Waals surface area contributed by atoms with Crippen LogP contribution >= 0.6 is 12.6 Å². The number of imide groups is 1. The third-order valence-corrected chi connectivity index (χ3v) is 7.20. The van der Waals surface area contributed by atoms with E-state index in [0.717, 1.165) is 0 Å². The SMILES string of the molecule is CC(C)CC(NC(=O)[C@@H](S)CCCN1C(=O)c2ccccc2C1=O)C(=O)N[C@H](C(=O)Nc1ccccn1)C(C)(C)C. The van der Waals surface area contributed by atoms with E-state index < -0.39 is 40.5 Å². The quantitative estimate of drug-likeness (QED) is 0.224. The first-order valence-corrected chi connectivity index (χ1v) is 14.3. The molecular formula is C30H39N5O5S. The Bertz CT molecular complexity index is 1240. The van der Waals surface area contributed by atoms with Gasteiger partial charge in [-0.2, -0.15) is 12.6 Å². The van der Waals surface area contributed by atoms with Crippen molar-refractivity contribution in [2.24, 2.45) is 11.3 Å². The van der Waals surface area contributed by atoms with E-state index in [4.69, 9.17) is 0 Å². The fraction of sp³-hybridized carbons (Fsp3) is 0.467. The summed E-state index contributed by atoms with van der Waals surface area (Å²) in [5.74, 6) is -1.59. The van der Waals surface area contributed by atoms with Crippen LogP contribution in [0.15, 0.2) is 48.7 Å². The lowest BCUT2D eigenvalue weighted by Gasteiger charge is -2.32. The lowest BCUT2D eigenvalue weighted by atomic mass is 9.85. The summed E-state index contributed by atoms with van der Waals surface area (Å²) in [6, 6.07) is 10.0. The number of nitrogens with one attached hydrogen (secondary N) is 3. The van der Waals surface area contributed by atoms with E-state index in [0.29, 0.717) is 29.8 Å². The number of hydrogen-bond donors (Lipinski definition) is 4. The van der Waals surface area contributed by atoms with Crippen molar-refractivity contribution < 1.29 is 24.0 Å². The second-order valence-electron chi connectivity index (χ2n) is 11.7. The van der Waals surface area contributed by atoms with E-state index in [1.807, 2.05) is 34.6 Å². The highest BCUT2D eigenvalue weighted by atomic mass is 32.1. The average molecular weight is 582 g/mol. The first-order valence-electron chi connectivity index (χ1n) is 13.8. The predicted octanol–water partition coefficient (Wildman–Crippen LogP) is 3.46. The highest BCUT2D eigenvalue weighted by Crippen LogP contribution is 2.24. The minimum absolute atomic E-state index is 0.0775. The molecule has 5 amide bonds. The van der Waals surface area contributed by atoms with Crippen molar-refractivity contribution in [1.29, 1.82) is 0 Å². The summed E-state index contributed by atoms with van der Waals surface area (Å²) in [6.45, 7) is 9.53. The molecule has 3 atom stereocenters. The van der Waals surface area contributed by atoms with Crippen molar-refractivity contribution in [3.63, 3.8) is 0 Å². The van der Waals surface area contributed by atoms with Crippen molar-refractivity contribution in [2.75, 3.05) is 11.9 Å². The predicted molar refractivity (Wildman–Crippen MR) is 159 cm³/mol. The summed E-state index contributed by atoms with van der Waals surface area (Å²) in [4.78, 5) is 70.0. The van der Waals surface area contributed by atoms with Crippen LogP contribution in [-0.4, -0.2) is 63.3 Å². The number of anilines is 1. The Labute approximate surface area is 246 Å². The molecule has 2 heterocycles. The molecule has 1 unspecified atom stereocenters. The van der Waals surface area contributed by atoms with Crippen LogP contribution in [0.4, 0.5) is 5.82 Å². The number of amides is 5. The summed E-state index contributed by atoms with van der Waals surface area (Å²) in [7, 11) is 0. The van der Waals surface area contributed by atoms with Gasteiger partial charge in [0.15, 0.2) is 0 Å². The monoisotopic (exact) mass is 581 g/mol. The second-order valence-corrected chi connectivity index (χ2v) is 12.3. The molecule has 3 N–H and O–H groups in total. The molecule has 0 radical (unpaired) electrons. The zero-order valence-corrected chi connectivity index (χ0v) is 25.0. The lowest BCUT2D eigenvalue weighted by Crippen LogP contribution is -2.57. The molecule has 10 nitrogen and oxygen atoms in total.